The minimum Gasteiger partial charge on any atom is -0.467 e. The molecule has 0 saturated carbocycles. The number of aliphatic hydroxyl groups is 1. The summed E-state index contributed by atoms with van der Waals surface area (Å²) in [6.45, 7) is 0. The lowest BCUT2D eigenvalue weighted by molar-refractivity contribution is -0.150. The van der Waals surface area contributed by atoms with Gasteiger partial charge in [0.15, 0.2) is 6.10 Å². The van der Waals surface area contributed by atoms with Gasteiger partial charge in [-0.25, -0.2) is 9.59 Å². The van der Waals surface area contributed by atoms with E-state index in [2.05, 4.69) is 9.72 Å². The van der Waals surface area contributed by atoms with Crippen LogP contribution >= 0.6 is 0 Å². The second-order valence-electron chi connectivity index (χ2n) is 3.89. The van der Waals surface area contributed by atoms with Crippen molar-refractivity contribution in [2.75, 3.05) is 7.11 Å². The quantitative estimate of drug-likeness (QED) is 0.728. The summed E-state index contributed by atoms with van der Waals surface area (Å²) >= 11 is 0. The highest BCUT2D eigenvalue weighted by molar-refractivity contribution is 5.77. The number of pyridine rings is 1. The van der Waals surface area contributed by atoms with Gasteiger partial charge in [-0.05, 0) is 12.1 Å². The topological polar surface area (TPSA) is 110 Å². The van der Waals surface area contributed by atoms with Crippen LogP contribution in [0.2, 0.25) is 0 Å². The molecule has 0 fully saturated rings. The van der Waals surface area contributed by atoms with Crippen LogP contribution in [0.15, 0.2) is 32.3 Å². The number of nitrogens with one attached hydrogen (secondary N) is 1. The first kappa shape index (κ1) is 13.0. The molecule has 100 valence electrons. The van der Waals surface area contributed by atoms with Crippen LogP contribution in [-0.2, 0) is 16.0 Å². The van der Waals surface area contributed by atoms with E-state index in [-0.39, 0.29) is 23.0 Å². The number of H-pyrrole nitrogens is 1. The second-order valence-corrected chi connectivity index (χ2v) is 3.89. The second kappa shape index (κ2) is 5.07. The van der Waals surface area contributed by atoms with Gasteiger partial charge in [0, 0.05) is 18.2 Å². The molecular weight excluding hydrogens is 254 g/mol. The van der Waals surface area contributed by atoms with Crippen molar-refractivity contribution in [1.82, 2.24) is 4.98 Å². The lowest BCUT2D eigenvalue weighted by atomic mass is 10.1. The number of methoxy groups -OCH3 is 1. The minimum absolute atomic E-state index is 0.0297. The summed E-state index contributed by atoms with van der Waals surface area (Å²) in [5, 5.41) is 9.67. The van der Waals surface area contributed by atoms with Crippen molar-refractivity contribution >= 4 is 16.9 Å². The molecule has 0 radical (unpaired) electrons. The molecule has 1 atom stereocenters. The summed E-state index contributed by atoms with van der Waals surface area (Å²) in [7, 11) is 1.12. The Balaban J connectivity index is 2.47. The van der Waals surface area contributed by atoms with E-state index in [1.54, 1.807) is 0 Å². The third-order valence-electron chi connectivity index (χ3n) is 2.63. The van der Waals surface area contributed by atoms with E-state index >= 15 is 0 Å². The summed E-state index contributed by atoms with van der Waals surface area (Å²) in [5.74, 6) is -0.860. The molecule has 0 aromatic carbocycles. The predicted molar refractivity (Wildman–Crippen MR) is 64.8 cm³/mol. The molecule has 0 amide bonds. The van der Waals surface area contributed by atoms with Gasteiger partial charge in [-0.1, -0.05) is 0 Å². The maximum Gasteiger partial charge on any atom is 0.339 e. The molecule has 2 aromatic rings. The Kier molecular flexibility index (Phi) is 3.48. The van der Waals surface area contributed by atoms with Crippen LogP contribution in [0.4, 0.5) is 0 Å². The molecule has 19 heavy (non-hydrogen) atoms. The van der Waals surface area contributed by atoms with Crippen LogP contribution in [0.25, 0.3) is 11.0 Å². The zero-order chi connectivity index (χ0) is 14.0. The van der Waals surface area contributed by atoms with Crippen molar-refractivity contribution in [3.8, 4) is 0 Å². The van der Waals surface area contributed by atoms with Crippen molar-refractivity contribution in [2.24, 2.45) is 0 Å². The zero-order valence-electron chi connectivity index (χ0n) is 10.0. The molecule has 1 unspecified atom stereocenters. The number of ether oxygens (including phenoxy) is 1. The average molecular weight is 265 g/mol. The minimum atomic E-state index is -1.48. The Morgan fingerprint density at radius 2 is 2.26 bits per heavy atom. The lowest BCUT2D eigenvalue weighted by Crippen LogP contribution is -2.26. The van der Waals surface area contributed by atoms with Crippen LogP contribution in [0.3, 0.4) is 0 Å². The van der Waals surface area contributed by atoms with Crippen molar-refractivity contribution < 1.29 is 19.1 Å². The summed E-state index contributed by atoms with van der Waals surface area (Å²) in [5.41, 5.74) is -0.955. The lowest BCUT2D eigenvalue weighted by Gasteiger charge is -2.07. The molecule has 0 aliphatic heterocycles. The van der Waals surface area contributed by atoms with Gasteiger partial charge in [0.25, 0.3) is 5.56 Å². The Morgan fingerprint density at radius 3 is 2.95 bits per heavy atom. The largest absolute Gasteiger partial charge is 0.467 e. The third-order valence-corrected chi connectivity index (χ3v) is 2.63. The smallest absolute Gasteiger partial charge is 0.339 e. The Morgan fingerprint density at radius 1 is 1.53 bits per heavy atom. The van der Waals surface area contributed by atoms with E-state index in [1.165, 1.54) is 18.3 Å². The molecule has 2 aromatic heterocycles. The average Bonchev–Trinajstić information content (AvgIpc) is 2.39. The van der Waals surface area contributed by atoms with Gasteiger partial charge in [0.2, 0.25) is 0 Å². The van der Waals surface area contributed by atoms with Crippen LogP contribution in [0.5, 0.6) is 0 Å². The SMILES string of the molecule is COC(=O)C(O)Cc1cc2c(=O)[nH]ccc2oc1=O. The molecule has 2 N–H and O–H groups in total. The molecule has 2 rings (SSSR count). The molecule has 7 nitrogen and oxygen atoms in total. The van der Waals surface area contributed by atoms with Gasteiger partial charge in [0.1, 0.15) is 5.58 Å². The fraction of sp³-hybridized carbons (Fsp3) is 0.250. The molecule has 0 aliphatic carbocycles. The van der Waals surface area contributed by atoms with Crippen LogP contribution in [-0.4, -0.2) is 29.3 Å². The summed E-state index contributed by atoms with van der Waals surface area (Å²) in [4.78, 5) is 36.7. The Bertz CT molecular complexity index is 729. The molecule has 0 saturated heterocycles. The van der Waals surface area contributed by atoms with Gasteiger partial charge in [0.05, 0.1) is 12.5 Å². The van der Waals surface area contributed by atoms with Crippen molar-refractivity contribution in [3.63, 3.8) is 0 Å². The van der Waals surface area contributed by atoms with E-state index in [0.29, 0.717) is 0 Å². The number of esters is 1. The van der Waals surface area contributed by atoms with E-state index in [1.807, 2.05) is 0 Å². The van der Waals surface area contributed by atoms with Crippen molar-refractivity contribution in [3.05, 3.63) is 44.7 Å². The molecule has 0 spiro atoms. The normalized spacial score (nSPS) is 12.3. The van der Waals surface area contributed by atoms with Crippen LogP contribution in [0.1, 0.15) is 5.56 Å². The van der Waals surface area contributed by atoms with E-state index in [9.17, 15) is 19.5 Å². The fourth-order valence-electron chi connectivity index (χ4n) is 1.67. The highest BCUT2D eigenvalue weighted by Crippen LogP contribution is 2.09. The first-order valence-corrected chi connectivity index (χ1v) is 5.43. The number of aromatic nitrogens is 1. The number of rotatable bonds is 3. The molecule has 2 heterocycles. The third kappa shape index (κ3) is 2.55. The number of aromatic amines is 1. The molecule has 7 heteroatoms. The van der Waals surface area contributed by atoms with E-state index < -0.39 is 23.3 Å². The molecular formula is C12H11NO6. The number of carbonyl (C=O) groups is 1. The van der Waals surface area contributed by atoms with Gasteiger partial charge < -0.3 is 19.2 Å². The maximum absolute atomic E-state index is 11.6. The van der Waals surface area contributed by atoms with Crippen LogP contribution in [0, 0.1) is 0 Å². The monoisotopic (exact) mass is 265 g/mol. The van der Waals surface area contributed by atoms with Crippen LogP contribution < -0.4 is 11.2 Å². The first-order chi connectivity index (χ1) is 9.02. The number of hydrogen-bond donors (Lipinski definition) is 2. The number of aliphatic hydroxyl groups excluding tert-OH is 1. The molecule has 0 aliphatic rings. The highest BCUT2D eigenvalue weighted by Gasteiger charge is 2.19. The van der Waals surface area contributed by atoms with Gasteiger partial charge >= 0.3 is 11.6 Å². The Hall–Kier alpha value is -2.41. The first-order valence-electron chi connectivity index (χ1n) is 5.43. The van der Waals surface area contributed by atoms with E-state index in [4.69, 9.17) is 4.42 Å². The zero-order valence-corrected chi connectivity index (χ0v) is 10.0. The predicted octanol–water partition coefficient (Wildman–Crippen LogP) is -0.442. The van der Waals surface area contributed by atoms with Crippen molar-refractivity contribution in [2.45, 2.75) is 12.5 Å². The summed E-state index contributed by atoms with van der Waals surface area (Å²) < 4.78 is 9.29. The molecule has 0 bridgehead atoms. The Labute approximate surface area is 106 Å². The summed E-state index contributed by atoms with van der Waals surface area (Å²) in [6.07, 6.45) is -0.399. The summed E-state index contributed by atoms with van der Waals surface area (Å²) in [6, 6.07) is 2.74. The standard InChI is InChI=1S/C12H11NO6/c1-18-12(17)8(14)5-6-4-7-9(19-11(6)16)2-3-13-10(7)15/h2-4,8,14H,5H2,1H3,(H,13,15). The van der Waals surface area contributed by atoms with Crippen molar-refractivity contribution in [1.29, 1.82) is 0 Å². The van der Waals surface area contributed by atoms with Gasteiger partial charge in [-0.2, -0.15) is 0 Å². The van der Waals surface area contributed by atoms with Gasteiger partial charge in [-0.3, -0.25) is 4.79 Å². The fourth-order valence-corrected chi connectivity index (χ4v) is 1.67. The number of fused-ring (bicyclic) bond motifs is 1. The number of hydrogen-bond acceptors (Lipinski definition) is 6. The van der Waals surface area contributed by atoms with E-state index in [0.717, 1.165) is 7.11 Å². The number of carbonyl (C=O) groups excluding carboxylic acids is 1. The van der Waals surface area contributed by atoms with Gasteiger partial charge in [-0.15, -0.1) is 0 Å². The maximum atomic E-state index is 11.6. The highest BCUT2D eigenvalue weighted by atomic mass is 16.5.